The third kappa shape index (κ3) is 4.04. The largest absolute Gasteiger partial charge is 0.396 e. The van der Waals surface area contributed by atoms with Gasteiger partial charge in [0.05, 0.1) is 6.61 Å². The summed E-state index contributed by atoms with van der Waals surface area (Å²) in [6.45, 7) is 8.38. The molecule has 0 aliphatic carbocycles. The Bertz CT molecular complexity index is 175. The van der Waals surface area contributed by atoms with Gasteiger partial charge in [0.2, 0.25) is 0 Å². The van der Waals surface area contributed by atoms with Crippen molar-refractivity contribution in [3.63, 3.8) is 0 Å². The van der Waals surface area contributed by atoms with Crippen LogP contribution in [-0.4, -0.2) is 38.0 Å². The monoisotopic (exact) mass is 229 g/mol. The molecule has 0 bridgehead atoms. The third-order valence-electron chi connectivity index (χ3n) is 3.98. The number of rotatable bonds is 7. The Morgan fingerprint density at radius 3 is 2.38 bits per heavy atom. The van der Waals surface area contributed by atoms with Crippen molar-refractivity contribution in [1.29, 1.82) is 0 Å². The Hall–Kier alpha value is -0.120. The molecule has 0 saturated carbocycles. The van der Waals surface area contributed by atoms with Crippen LogP contribution in [0.4, 0.5) is 0 Å². The van der Waals surface area contributed by atoms with Crippen LogP contribution in [0.1, 0.15) is 39.5 Å². The molecule has 0 aromatic rings. The molecule has 0 radical (unpaired) electrons. The smallest absolute Gasteiger partial charge is 0.0501 e. The zero-order chi connectivity index (χ0) is 11.9. The number of aliphatic hydroxyl groups is 1. The molecule has 0 spiro atoms. The van der Waals surface area contributed by atoms with E-state index in [1.807, 2.05) is 0 Å². The van der Waals surface area contributed by atoms with E-state index in [9.17, 15) is 5.11 Å². The molecule has 0 aromatic carbocycles. The third-order valence-corrected chi connectivity index (χ3v) is 3.98. The van der Waals surface area contributed by atoms with Crippen molar-refractivity contribution in [1.82, 2.24) is 5.32 Å². The van der Waals surface area contributed by atoms with E-state index in [0.29, 0.717) is 0 Å². The van der Waals surface area contributed by atoms with Gasteiger partial charge >= 0.3 is 0 Å². The normalized spacial score (nSPS) is 20.2. The fourth-order valence-electron chi connectivity index (χ4n) is 2.31. The Morgan fingerprint density at radius 2 is 1.88 bits per heavy atom. The molecule has 16 heavy (non-hydrogen) atoms. The Balaban J connectivity index is 2.27. The van der Waals surface area contributed by atoms with Crippen molar-refractivity contribution < 1.29 is 9.84 Å². The Morgan fingerprint density at radius 1 is 1.25 bits per heavy atom. The van der Waals surface area contributed by atoms with Gasteiger partial charge in [0.1, 0.15) is 0 Å². The van der Waals surface area contributed by atoms with Gasteiger partial charge in [-0.15, -0.1) is 0 Å². The van der Waals surface area contributed by atoms with Gasteiger partial charge in [0.15, 0.2) is 0 Å². The maximum Gasteiger partial charge on any atom is 0.0501 e. The first-order valence-electron chi connectivity index (χ1n) is 6.65. The van der Waals surface area contributed by atoms with Crippen molar-refractivity contribution in [3.8, 4) is 0 Å². The lowest BCUT2D eigenvalue weighted by atomic mass is 9.81. The van der Waals surface area contributed by atoms with E-state index in [1.54, 1.807) is 0 Å². The van der Waals surface area contributed by atoms with E-state index in [-0.39, 0.29) is 12.0 Å². The van der Waals surface area contributed by atoms with Gasteiger partial charge in [0, 0.05) is 25.2 Å². The second-order valence-corrected chi connectivity index (χ2v) is 5.08. The van der Waals surface area contributed by atoms with Gasteiger partial charge in [0.25, 0.3) is 0 Å². The van der Waals surface area contributed by atoms with Crippen LogP contribution in [0, 0.1) is 11.3 Å². The minimum absolute atomic E-state index is 0.0737. The summed E-state index contributed by atoms with van der Waals surface area (Å²) in [5.74, 6) is 0.774. The first kappa shape index (κ1) is 13.9. The maximum atomic E-state index is 9.53. The highest BCUT2D eigenvalue weighted by Crippen LogP contribution is 2.29. The lowest BCUT2D eigenvalue weighted by molar-refractivity contribution is -0.0156. The summed E-state index contributed by atoms with van der Waals surface area (Å²) in [5.41, 5.74) is 0.0737. The fourth-order valence-corrected chi connectivity index (χ4v) is 2.31. The van der Waals surface area contributed by atoms with E-state index < -0.39 is 0 Å². The van der Waals surface area contributed by atoms with E-state index in [1.165, 1.54) is 12.8 Å². The first-order chi connectivity index (χ1) is 7.76. The number of hydrogen-bond donors (Lipinski definition) is 2. The minimum Gasteiger partial charge on any atom is -0.396 e. The minimum atomic E-state index is 0.0737. The lowest BCUT2D eigenvalue weighted by Crippen LogP contribution is -2.43. The van der Waals surface area contributed by atoms with Crippen LogP contribution in [-0.2, 0) is 4.74 Å². The highest BCUT2D eigenvalue weighted by atomic mass is 16.5. The number of aliphatic hydroxyl groups excluding tert-OH is 1. The molecule has 0 amide bonds. The van der Waals surface area contributed by atoms with Crippen molar-refractivity contribution in [2.75, 3.05) is 32.9 Å². The van der Waals surface area contributed by atoms with Gasteiger partial charge in [-0.1, -0.05) is 26.7 Å². The van der Waals surface area contributed by atoms with Crippen LogP contribution in [0.3, 0.4) is 0 Å². The average Bonchev–Trinajstić information content (AvgIpc) is 2.36. The molecule has 1 aliphatic heterocycles. The van der Waals surface area contributed by atoms with Crippen LogP contribution in [0.15, 0.2) is 0 Å². The van der Waals surface area contributed by atoms with E-state index in [4.69, 9.17) is 4.74 Å². The molecule has 1 heterocycles. The number of nitrogens with one attached hydrogen (secondary N) is 1. The van der Waals surface area contributed by atoms with Gasteiger partial charge < -0.3 is 15.2 Å². The van der Waals surface area contributed by atoms with E-state index in [2.05, 4.69) is 19.2 Å². The molecular weight excluding hydrogens is 202 g/mol. The standard InChI is InChI=1S/C13H27NO2/c1-3-12(4-2)9-14-10-13(11-15)5-7-16-8-6-13/h12,14-15H,3-11H2,1-2H3. The topological polar surface area (TPSA) is 41.5 Å². The molecule has 1 fully saturated rings. The maximum absolute atomic E-state index is 9.53. The van der Waals surface area contributed by atoms with Crippen LogP contribution in [0.2, 0.25) is 0 Å². The number of hydrogen-bond acceptors (Lipinski definition) is 3. The lowest BCUT2D eigenvalue weighted by Gasteiger charge is -2.36. The second kappa shape index (κ2) is 7.25. The van der Waals surface area contributed by atoms with E-state index >= 15 is 0 Å². The summed E-state index contributed by atoms with van der Waals surface area (Å²) >= 11 is 0. The van der Waals surface area contributed by atoms with Crippen molar-refractivity contribution in [2.45, 2.75) is 39.5 Å². The molecule has 1 aliphatic rings. The summed E-state index contributed by atoms with van der Waals surface area (Å²) in [6, 6.07) is 0. The molecule has 0 aromatic heterocycles. The molecular formula is C13H27NO2. The predicted molar refractivity (Wildman–Crippen MR) is 66.5 cm³/mol. The predicted octanol–water partition coefficient (Wildman–Crippen LogP) is 1.80. The zero-order valence-corrected chi connectivity index (χ0v) is 10.8. The summed E-state index contributed by atoms with van der Waals surface area (Å²) in [6.07, 6.45) is 4.44. The van der Waals surface area contributed by atoms with Crippen molar-refractivity contribution in [2.24, 2.45) is 11.3 Å². The summed E-state index contributed by atoms with van der Waals surface area (Å²) < 4.78 is 5.36. The summed E-state index contributed by atoms with van der Waals surface area (Å²) in [4.78, 5) is 0. The van der Waals surface area contributed by atoms with Gasteiger partial charge in [-0.3, -0.25) is 0 Å². The van der Waals surface area contributed by atoms with Gasteiger partial charge in [-0.2, -0.15) is 0 Å². The molecule has 0 atom stereocenters. The van der Waals surface area contributed by atoms with Crippen molar-refractivity contribution in [3.05, 3.63) is 0 Å². The molecule has 2 N–H and O–H groups in total. The fraction of sp³-hybridized carbons (Fsp3) is 1.00. The highest BCUT2D eigenvalue weighted by Gasteiger charge is 2.31. The first-order valence-corrected chi connectivity index (χ1v) is 6.65. The molecule has 1 rings (SSSR count). The van der Waals surface area contributed by atoms with Gasteiger partial charge in [-0.05, 0) is 25.3 Å². The molecule has 3 heteroatoms. The SMILES string of the molecule is CCC(CC)CNCC1(CO)CCOCC1. The Labute approximate surface area is 99.6 Å². The van der Waals surface area contributed by atoms with Crippen molar-refractivity contribution >= 4 is 0 Å². The highest BCUT2D eigenvalue weighted by molar-refractivity contribution is 4.83. The quantitative estimate of drug-likeness (QED) is 0.699. The zero-order valence-electron chi connectivity index (χ0n) is 10.8. The van der Waals surface area contributed by atoms with Crippen LogP contribution < -0.4 is 5.32 Å². The van der Waals surface area contributed by atoms with E-state index in [0.717, 1.165) is 45.1 Å². The summed E-state index contributed by atoms with van der Waals surface area (Å²) in [5, 5.41) is 13.1. The molecule has 1 saturated heterocycles. The Kier molecular flexibility index (Phi) is 6.32. The van der Waals surface area contributed by atoms with Crippen LogP contribution >= 0.6 is 0 Å². The molecule has 3 nitrogen and oxygen atoms in total. The second-order valence-electron chi connectivity index (χ2n) is 5.08. The molecule has 96 valence electrons. The molecule has 0 unspecified atom stereocenters. The number of ether oxygens (including phenoxy) is 1. The van der Waals surface area contributed by atoms with Crippen LogP contribution in [0.25, 0.3) is 0 Å². The average molecular weight is 229 g/mol. The van der Waals surface area contributed by atoms with Crippen LogP contribution in [0.5, 0.6) is 0 Å². The van der Waals surface area contributed by atoms with Gasteiger partial charge in [-0.25, -0.2) is 0 Å². The summed E-state index contributed by atoms with van der Waals surface area (Å²) in [7, 11) is 0.